The van der Waals surface area contributed by atoms with Crippen molar-refractivity contribution in [1.82, 2.24) is 4.90 Å². The molecule has 0 bridgehead atoms. The largest absolute Gasteiger partial charge is 0.466 e. The maximum Gasteiger partial charge on any atom is 0.306 e. The van der Waals surface area contributed by atoms with Gasteiger partial charge in [-0.1, -0.05) is 157 Å². The van der Waals surface area contributed by atoms with Gasteiger partial charge in [-0.2, -0.15) is 0 Å². The van der Waals surface area contributed by atoms with Crippen LogP contribution in [0.5, 0.6) is 0 Å². The summed E-state index contributed by atoms with van der Waals surface area (Å²) in [6.45, 7) is 15.4. The zero-order valence-corrected chi connectivity index (χ0v) is 36.5. The number of ether oxygens (including phenoxy) is 2. The first-order valence-corrected chi connectivity index (χ1v) is 23.5. The van der Waals surface area contributed by atoms with Crippen molar-refractivity contribution < 1.29 is 24.2 Å². The van der Waals surface area contributed by atoms with E-state index in [9.17, 15) is 14.7 Å². The van der Waals surface area contributed by atoms with Gasteiger partial charge in [0, 0.05) is 26.0 Å². The SMILES string of the molecule is CCCCCCCCCC(=O)OCCCCCCCN(CCCO)CCCC(C)(C)CCCC(=O)OC(CCCCCCCC)CCCCCCCC. The fourth-order valence-corrected chi connectivity index (χ4v) is 7.51. The van der Waals surface area contributed by atoms with Gasteiger partial charge in [-0.15, -0.1) is 0 Å². The van der Waals surface area contributed by atoms with Crippen molar-refractivity contribution in [2.24, 2.45) is 5.41 Å². The van der Waals surface area contributed by atoms with Gasteiger partial charge in [0.2, 0.25) is 0 Å². The highest BCUT2D eigenvalue weighted by Crippen LogP contribution is 2.29. The molecule has 0 amide bonds. The highest BCUT2D eigenvalue weighted by molar-refractivity contribution is 5.69. The van der Waals surface area contributed by atoms with E-state index < -0.39 is 0 Å². The summed E-state index contributed by atoms with van der Waals surface area (Å²) in [5, 5.41) is 9.46. The second-order valence-electron chi connectivity index (χ2n) is 17.1. The summed E-state index contributed by atoms with van der Waals surface area (Å²) in [5.74, 6) is -0.0113. The smallest absolute Gasteiger partial charge is 0.306 e. The Balaban J connectivity index is 4.26. The molecule has 6 heteroatoms. The van der Waals surface area contributed by atoms with Crippen LogP contribution < -0.4 is 0 Å². The Morgan fingerprint density at radius 2 is 0.943 bits per heavy atom. The lowest BCUT2D eigenvalue weighted by Crippen LogP contribution is -2.29. The van der Waals surface area contributed by atoms with Crippen LogP contribution >= 0.6 is 0 Å². The fraction of sp³-hybridized carbons (Fsp3) is 0.957. The molecule has 0 radical (unpaired) electrons. The van der Waals surface area contributed by atoms with E-state index in [4.69, 9.17) is 9.47 Å². The molecule has 0 aliphatic rings. The Morgan fingerprint density at radius 1 is 0.509 bits per heavy atom. The molecule has 0 saturated carbocycles. The number of esters is 2. The van der Waals surface area contributed by atoms with E-state index in [-0.39, 0.29) is 30.1 Å². The molecule has 0 aromatic carbocycles. The van der Waals surface area contributed by atoms with E-state index in [1.807, 2.05) is 0 Å². The summed E-state index contributed by atoms with van der Waals surface area (Å²) in [7, 11) is 0. The molecule has 0 unspecified atom stereocenters. The van der Waals surface area contributed by atoms with Crippen LogP contribution in [0, 0.1) is 5.41 Å². The second-order valence-corrected chi connectivity index (χ2v) is 17.1. The quantitative estimate of drug-likeness (QED) is 0.0494. The van der Waals surface area contributed by atoms with Crippen LogP contribution in [-0.4, -0.2) is 60.9 Å². The highest BCUT2D eigenvalue weighted by Gasteiger charge is 2.20. The number of nitrogens with zero attached hydrogens (tertiary/aromatic N) is 1. The van der Waals surface area contributed by atoms with Crippen molar-refractivity contribution in [2.75, 3.05) is 32.8 Å². The third kappa shape index (κ3) is 37.6. The van der Waals surface area contributed by atoms with Gasteiger partial charge in [-0.05, 0) is 95.6 Å². The molecule has 6 nitrogen and oxygen atoms in total. The Bertz CT molecular complexity index is 771. The van der Waals surface area contributed by atoms with Crippen LogP contribution in [0.4, 0.5) is 0 Å². The van der Waals surface area contributed by atoms with E-state index in [2.05, 4.69) is 39.5 Å². The van der Waals surface area contributed by atoms with Gasteiger partial charge in [-0.25, -0.2) is 0 Å². The molecule has 0 spiro atoms. The minimum atomic E-state index is -0.0231. The molecule has 0 rings (SSSR count). The minimum absolute atomic E-state index is 0.0118. The maximum atomic E-state index is 12.9. The van der Waals surface area contributed by atoms with E-state index in [0.29, 0.717) is 19.4 Å². The van der Waals surface area contributed by atoms with Crippen molar-refractivity contribution in [3.05, 3.63) is 0 Å². The van der Waals surface area contributed by atoms with Gasteiger partial charge in [-0.3, -0.25) is 9.59 Å². The predicted molar refractivity (Wildman–Crippen MR) is 228 cm³/mol. The summed E-state index contributed by atoms with van der Waals surface area (Å²) < 4.78 is 11.6. The lowest BCUT2D eigenvalue weighted by atomic mass is 9.82. The first-order chi connectivity index (χ1) is 25.8. The summed E-state index contributed by atoms with van der Waals surface area (Å²) in [5.41, 5.74) is 0.205. The first-order valence-electron chi connectivity index (χ1n) is 23.5. The number of unbranched alkanes of at least 4 members (excludes halogenated alkanes) is 20. The number of hydrogen-bond acceptors (Lipinski definition) is 6. The molecular weight excluding hydrogens is 659 g/mol. The van der Waals surface area contributed by atoms with Gasteiger partial charge in [0.1, 0.15) is 6.10 Å². The zero-order valence-electron chi connectivity index (χ0n) is 36.5. The predicted octanol–water partition coefficient (Wildman–Crippen LogP) is 13.7. The van der Waals surface area contributed by atoms with E-state index in [1.54, 1.807) is 0 Å². The fourth-order valence-electron chi connectivity index (χ4n) is 7.51. The zero-order chi connectivity index (χ0) is 39.1. The van der Waals surface area contributed by atoms with Crippen molar-refractivity contribution in [3.63, 3.8) is 0 Å². The van der Waals surface area contributed by atoms with E-state index >= 15 is 0 Å². The number of rotatable bonds is 42. The maximum absolute atomic E-state index is 12.9. The molecule has 0 saturated heterocycles. The molecular formula is C47H93NO5. The van der Waals surface area contributed by atoms with Crippen LogP contribution in [0.25, 0.3) is 0 Å². The number of carbonyl (C=O) groups excluding carboxylic acids is 2. The lowest BCUT2D eigenvalue weighted by molar-refractivity contribution is -0.150. The second kappa shape index (κ2) is 39.1. The summed E-state index contributed by atoms with van der Waals surface area (Å²) in [6.07, 6.45) is 37.9. The molecule has 0 atom stereocenters. The van der Waals surface area contributed by atoms with Crippen molar-refractivity contribution in [2.45, 2.75) is 253 Å². The Labute approximate surface area is 331 Å². The molecule has 1 N–H and O–H groups in total. The number of hydrogen-bond donors (Lipinski definition) is 1. The molecule has 0 aromatic heterocycles. The lowest BCUT2D eigenvalue weighted by Gasteiger charge is -2.27. The van der Waals surface area contributed by atoms with Crippen molar-refractivity contribution in [1.29, 1.82) is 0 Å². The van der Waals surface area contributed by atoms with Crippen molar-refractivity contribution in [3.8, 4) is 0 Å². The topological polar surface area (TPSA) is 76.1 Å². The van der Waals surface area contributed by atoms with Gasteiger partial charge in [0.25, 0.3) is 0 Å². The monoisotopic (exact) mass is 752 g/mol. The van der Waals surface area contributed by atoms with Crippen LogP contribution in [-0.2, 0) is 19.1 Å². The van der Waals surface area contributed by atoms with Crippen LogP contribution in [0.2, 0.25) is 0 Å². The number of aliphatic hydroxyl groups is 1. The average Bonchev–Trinajstić information content (AvgIpc) is 3.13. The van der Waals surface area contributed by atoms with E-state index in [0.717, 1.165) is 90.3 Å². The van der Waals surface area contributed by atoms with Crippen LogP contribution in [0.15, 0.2) is 0 Å². The Kier molecular flexibility index (Phi) is 38.3. The van der Waals surface area contributed by atoms with Gasteiger partial charge in [0.05, 0.1) is 6.61 Å². The molecule has 0 aliphatic heterocycles. The molecule has 0 fully saturated rings. The summed E-state index contributed by atoms with van der Waals surface area (Å²) in [6, 6.07) is 0. The van der Waals surface area contributed by atoms with E-state index in [1.165, 1.54) is 128 Å². The molecule has 0 aromatic rings. The first kappa shape index (κ1) is 51.9. The van der Waals surface area contributed by atoms with Gasteiger partial charge >= 0.3 is 11.9 Å². The van der Waals surface area contributed by atoms with Gasteiger partial charge in [0.15, 0.2) is 0 Å². The standard InChI is InChI=1S/C47H93NO5/c1-6-9-12-15-18-22-27-35-45(50)52-43-29-24-19-23-28-39-48(41-32-42-49)40-31-38-47(4,5)37-30-36-46(51)53-44(33-25-20-16-13-10-7-2)34-26-21-17-14-11-8-3/h44,49H,6-43H2,1-5H3. The third-order valence-electron chi connectivity index (χ3n) is 11.1. The number of aliphatic hydroxyl groups excluding tert-OH is 1. The summed E-state index contributed by atoms with van der Waals surface area (Å²) in [4.78, 5) is 27.4. The van der Waals surface area contributed by atoms with Crippen LogP contribution in [0.1, 0.15) is 247 Å². The molecule has 0 heterocycles. The molecule has 53 heavy (non-hydrogen) atoms. The average molecular weight is 752 g/mol. The highest BCUT2D eigenvalue weighted by atomic mass is 16.5. The van der Waals surface area contributed by atoms with Crippen LogP contribution in [0.3, 0.4) is 0 Å². The molecule has 0 aliphatic carbocycles. The minimum Gasteiger partial charge on any atom is -0.466 e. The Morgan fingerprint density at radius 3 is 1.51 bits per heavy atom. The third-order valence-corrected chi connectivity index (χ3v) is 11.1. The Hall–Kier alpha value is -1.14. The summed E-state index contributed by atoms with van der Waals surface area (Å²) >= 11 is 0. The number of carbonyl (C=O) groups is 2. The molecule has 316 valence electrons. The van der Waals surface area contributed by atoms with Crippen molar-refractivity contribution >= 4 is 11.9 Å². The van der Waals surface area contributed by atoms with Gasteiger partial charge < -0.3 is 19.5 Å². The normalized spacial score (nSPS) is 11.9.